The van der Waals surface area contributed by atoms with E-state index in [4.69, 9.17) is 4.98 Å². The first-order valence-corrected chi connectivity index (χ1v) is 11.7. The Labute approximate surface area is 175 Å². The molecule has 0 bridgehead atoms. The average molecular weight is 414 g/mol. The second-order valence-electron chi connectivity index (χ2n) is 9.00. The SMILES string of the molecule is C[C@@H]1CCCC[C@@]12NC(=O)N(C[NH+]1CCC[C@H](c3nc4ccccc4s3)C1)C2=O. The number of fused-ring (bicyclic) bond motifs is 1. The minimum Gasteiger partial charge on any atom is -0.323 e. The number of carbonyl (C=O) groups is 2. The fourth-order valence-electron chi connectivity index (χ4n) is 5.43. The molecule has 1 aliphatic carbocycles. The third kappa shape index (κ3) is 3.24. The summed E-state index contributed by atoms with van der Waals surface area (Å²) in [5, 5.41) is 4.28. The predicted octanol–water partition coefficient (Wildman–Crippen LogP) is 2.52. The standard InChI is InChI=1S/C22H28N4O2S/c1-15-7-4-5-11-22(15)20(27)26(21(28)24-22)14-25-12-6-8-16(13-25)19-23-17-9-2-3-10-18(17)29-19/h2-3,9-10,15-16H,4-8,11-14H2,1H3,(H,24,28)/p+1/t15-,16+,22-/m1/s1. The highest BCUT2D eigenvalue weighted by Crippen LogP contribution is 2.38. The largest absolute Gasteiger partial charge is 0.329 e. The fourth-order valence-corrected chi connectivity index (χ4v) is 6.53. The maximum absolute atomic E-state index is 13.3. The summed E-state index contributed by atoms with van der Waals surface area (Å²) in [5.74, 6) is 0.619. The van der Waals surface area contributed by atoms with Crippen LogP contribution < -0.4 is 10.2 Å². The number of rotatable bonds is 3. The lowest BCUT2D eigenvalue weighted by Gasteiger charge is -2.37. The Bertz CT molecular complexity index is 911. The van der Waals surface area contributed by atoms with E-state index < -0.39 is 5.54 Å². The summed E-state index contributed by atoms with van der Waals surface area (Å²) in [6.45, 7) is 4.51. The zero-order chi connectivity index (χ0) is 20.0. The molecule has 2 aromatic rings. The number of piperidine rings is 1. The molecule has 6 nitrogen and oxygen atoms in total. The zero-order valence-corrected chi connectivity index (χ0v) is 17.8. The number of para-hydroxylation sites is 1. The van der Waals surface area contributed by atoms with E-state index in [1.807, 2.05) is 6.07 Å². The molecule has 1 spiro atoms. The molecule has 0 radical (unpaired) electrons. The average Bonchev–Trinajstić information content (AvgIpc) is 3.26. The number of thiazole rings is 1. The summed E-state index contributed by atoms with van der Waals surface area (Å²) in [4.78, 5) is 33.6. The van der Waals surface area contributed by atoms with Gasteiger partial charge in [-0.25, -0.2) is 14.7 Å². The number of quaternary nitrogens is 1. The van der Waals surface area contributed by atoms with E-state index in [9.17, 15) is 9.59 Å². The van der Waals surface area contributed by atoms with E-state index in [-0.39, 0.29) is 17.9 Å². The van der Waals surface area contributed by atoms with Gasteiger partial charge in [0.2, 0.25) is 0 Å². The van der Waals surface area contributed by atoms with Gasteiger partial charge in [-0.3, -0.25) is 4.79 Å². The molecule has 4 atom stereocenters. The molecule has 2 saturated heterocycles. The van der Waals surface area contributed by atoms with Gasteiger partial charge in [0.1, 0.15) is 10.5 Å². The number of nitrogens with zero attached hydrogens (tertiary/aromatic N) is 2. The van der Waals surface area contributed by atoms with Gasteiger partial charge in [-0.2, -0.15) is 0 Å². The number of amides is 3. The topological polar surface area (TPSA) is 66.7 Å². The molecule has 3 aliphatic rings. The van der Waals surface area contributed by atoms with Crippen LogP contribution in [0.1, 0.15) is 56.4 Å². The first kappa shape index (κ1) is 19.0. The summed E-state index contributed by atoms with van der Waals surface area (Å²) in [5.41, 5.74) is 0.415. The lowest BCUT2D eigenvalue weighted by molar-refractivity contribution is -0.913. The van der Waals surface area contributed by atoms with Crippen molar-refractivity contribution in [2.24, 2.45) is 5.92 Å². The molecule has 3 heterocycles. The molecule has 1 aromatic carbocycles. The van der Waals surface area contributed by atoms with Crippen LogP contribution in [-0.2, 0) is 4.79 Å². The van der Waals surface area contributed by atoms with Crippen molar-refractivity contribution in [2.75, 3.05) is 19.8 Å². The number of urea groups is 1. The molecule has 1 unspecified atom stereocenters. The Morgan fingerprint density at radius 3 is 2.93 bits per heavy atom. The van der Waals surface area contributed by atoms with Crippen LogP contribution in [0, 0.1) is 5.92 Å². The van der Waals surface area contributed by atoms with Crippen LogP contribution in [0.3, 0.4) is 0 Å². The van der Waals surface area contributed by atoms with E-state index >= 15 is 0 Å². The second-order valence-corrected chi connectivity index (χ2v) is 10.1. The number of aromatic nitrogens is 1. The minimum atomic E-state index is -0.656. The Morgan fingerprint density at radius 2 is 2.10 bits per heavy atom. The number of carbonyl (C=O) groups excluding carboxylic acids is 2. The summed E-state index contributed by atoms with van der Waals surface area (Å²) < 4.78 is 1.23. The molecule has 2 aliphatic heterocycles. The van der Waals surface area contributed by atoms with Crippen molar-refractivity contribution < 1.29 is 14.5 Å². The van der Waals surface area contributed by atoms with Gasteiger partial charge in [0, 0.05) is 0 Å². The smallest absolute Gasteiger partial charge is 0.323 e. The maximum atomic E-state index is 13.3. The van der Waals surface area contributed by atoms with Crippen LogP contribution in [0.4, 0.5) is 4.79 Å². The van der Waals surface area contributed by atoms with Gasteiger partial charge in [-0.05, 0) is 43.7 Å². The van der Waals surface area contributed by atoms with Gasteiger partial charge >= 0.3 is 6.03 Å². The van der Waals surface area contributed by atoms with E-state index in [1.54, 1.807) is 11.3 Å². The van der Waals surface area contributed by atoms with Crippen LogP contribution in [0.5, 0.6) is 0 Å². The summed E-state index contributed by atoms with van der Waals surface area (Å²) >= 11 is 1.78. The van der Waals surface area contributed by atoms with Crippen LogP contribution in [0.25, 0.3) is 10.2 Å². The summed E-state index contributed by atoms with van der Waals surface area (Å²) in [7, 11) is 0. The van der Waals surface area contributed by atoms with Crippen LogP contribution >= 0.6 is 11.3 Å². The highest BCUT2D eigenvalue weighted by atomic mass is 32.1. The van der Waals surface area contributed by atoms with Crippen LogP contribution in [-0.4, -0.2) is 47.1 Å². The number of likely N-dealkylation sites (tertiary alicyclic amines) is 1. The van der Waals surface area contributed by atoms with E-state index in [2.05, 4.69) is 30.4 Å². The van der Waals surface area contributed by atoms with Crippen molar-refractivity contribution in [3.8, 4) is 0 Å². The normalized spacial score (nSPS) is 32.9. The molecule has 154 valence electrons. The number of benzene rings is 1. The van der Waals surface area contributed by atoms with Gasteiger partial charge < -0.3 is 10.2 Å². The van der Waals surface area contributed by atoms with Gasteiger partial charge in [-0.15, -0.1) is 11.3 Å². The predicted molar refractivity (Wildman–Crippen MR) is 113 cm³/mol. The van der Waals surface area contributed by atoms with Crippen molar-refractivity contribution in [1.82, 2.24) is 15.2 Å². The molecule has 1 aromatic heterocycles. The summed E-state index contributed by atoms with van der Waals surface area (Å²) in [6.07, 6.45) is 6.17. The van der Waals surface area contributed by atoms with E-state index in [1.165, 1.54) is 19.5 Å². The second kappa shape index (κ2) is 7.36. The van der Waals surface area contributed by atoms with E-state index in [0.717, 1.165) is 57.1 Å². The first-order chi connectivity index (χ1) is 14.1. The van der Waals surface area contributed by atoms with Crippen LogP contribution in [0.2, 0.25) is 0 Å². The molecule has 2 N–H and O–H groups in total. The maximum Gasteiger partial charge on any atom is 0.329 e. The Balaban J connectivity index is 1.30. The molecule has 3 fully saturated rings. The number of hydrogen-bond acceptors (Lipinski definition) is 4. The lowest BCUT2D eigenvalue weighted by atomic mass is 9.73. The third-order valence-electron chi connectivity index (χ3n) is 7.16. The van der Waals surface area contributed by atoms with Gasteiger partial charge in [0.05, 0.1) is 29.2 Å². The van der Waals surface area contributed by atoms with Crippen molar-refractivity contribution in [2.45, 2.75) is 56.9 Å². The van der Waals surface area contributed by atoms with Crippen molar-refractivity contribution >= 4 is 33.5 Å². The monoisotopic (exact) mass is 413 g/mol. The zero-order valence-electron chi connectivity index (χ0n) is 16.9. The summed E-state index contributed by atoms with van der Waals surface area (Å²) in [6, 6.07) is 8.09. The molecule has 7 heteroatoms. The first-order valence-electron chi connectivity index (χ1n) is 10.9. The fraction of sp³-hybridized carbons (Fsp3) is 0.591. The van der Waals surface area contributed by atoms with Crippen molar-refractivity contribution in [3.05, 3.63) is 29.3 Å². The molecule has 29 heavy (non-hydrogen) atoms. The highest BCUT2D eigenvalue weighted by molar-refractivity contribution is 7.18. The van der Waals surface area contributed by atoms with Crippen LogP contribution in [0.15, 0.2) is 24.3 Å². The van der Waals surface area contributed by atoms with Gasteiger partial charge in [0.25, 0.3) is 5.91 Å². The third-order valence-corrected chi connectivity index (χ3v) is 8.36. The highest BCUT2D eigenvalue weighted by Gasteiger charge is 2.55. The lowest BCUT2D eigenvalue weighted by Crippen LogP contribution is -3.15. The van der Waals surface area contributed by atoms with Crippen molar-refractivity contribution in [3.63, 3.8) is 0 Å². The molecule has 3 amide bonds. The number of imide groups is 1. The Hall–Kier alpha value is -1.99. The molecule has 1 saturated carbocycles. The number of hydrogen-bond donors (Lipinski definition) is 2. The quantitative estimate of drug-likeness (QED) is 0.760. The molecule has 5 rings (SSSR count). The molecular weight excluding hydrogens is 384 g/mol. The van der Waals surface area contributed by atoms with Crippen molar-refractivity contribution in [1.29, 1.82) is 0 Å². The van der Waals surface area contributed by atoms with Gasteiger partial charge in [-0.1, -0.05) is 31.9 Å². The van der Waals surface area contributed by atoms with Gasteiger partial charge in [0.15, 0.2) is 6.67 Å². The molecular formula is C22H29N4O2S+. The minimum absolute atomic E-state index is 0.00399. The van der Waals surface area contributed by atoms with E-state index in [0.29, 0.717) is 12.6 Å². The Kier molecular flexibility index (Phi) is 4.82. The Morgan fingerprint density at radius 1 is 1.24 bits per heavy atom. The number of nitrogens with one attached hydrogen (secondary N) is 2.